The molecule has 0 radical (unpaired) electrons. The van der Waals surface area contributed by atoms with Gasteiger partial charge in [-0.25, -0.2) is 0 Å². The molecule has 0 unspecified atom stereocenters. The first-order valence-corrected chi connectivity index (χ1v) is 9.65. The second-order valence-corrected chi connectivity index (χ2v) is 7.72. The smallest absolute Gasteiger partial charge is 0.227 e. The molecule has 152 valence electrons. The van der Waals surface area contributed by atoms with Gasteiger partial charge in [0.25, 0.3) is 0 Å². The molecule has 0 aliphatic rings. The van der Waals surface area contributed by atoms with E-state index in [4.69, 9.17) is 9.26 Å². The maximum Gasteiger partial charge on any atom is 0.227 e. The first-order chi connectivity index (χ1) is 13.9. The normalized spacial score (nSPS) is 11.3. The van der Waals surface area contributed by atoms with E-state index in [9.17, 15) is 4.79 Å². The second-order valence-electron chi connectivity index (χ2n) is 7.72. The topological polar surface area (TPSA) is 90.1 Å². The Hall–Kier alpha value is -3.22. The molecule has 1 N–H and O–H groups in total. The number of nitrogens with one attached hydrogen (secondary N) is 1. The minimum Gasteiger partial charge on any atom is -0.492 e. The van der Waals surface area contributed by atoms with Gasteiger partial charge in [0.15, 0.2) is 0 Å². The number of ether oxygens (including phenoxy) is 1. The van der Waals surface area contributed by atoms with Crippen LogP contribution in [0, 0.1) is 0 Å². The first-order valence-electron chi connectivity index (χ1n) is 9.65. The van der Waals surface area contributed by atoms with E-state index in [1.54, 1.807) is 24.5 Å². The molecule has 1 aromatic carbocycles. The lowest BCUT2D eigenvalue weighted by Crippen LogP contribution is -2.28. The van der Waals surface area contributed by atoms with E-state index in [-0.39, 0.29) is 17.7 Å². The third kappa shape index (κ3) is 6.14. The molecule has 3 rings (SSSR count). The predicted octanol–water partition coefficient (Wildman–Crippen LogP) is 3.56. The summed E-state index contributed by atoms with van der Waals surface area (Å²) in [5.74, 6) is 1.64. The molecule has 3 aromatic rings. The summed E-state index contributed by atoms with van der Waals surface area (Å²) >= 11 is 0. The van der Waals surface area contributed by atoms with Crippen LogP contribution in [-0.2, 0) is 16.6 Å². The van der Waals surface area contributed by atoms with Gasteiger partial charge in [-0.3, -0.25) is 9.78 Å². The van der Waals surface area contributed by atoms with Gasteiger partial charge in [-0.05, 0) is 35.2 Å². The van der Waals surface area contributed by atoms with Gasteiger partial charge in [0.1, 0.15) is 12.4 Å². The predicted molar refractivity (Wildman–Crippen MR) is 109 cm³/mol. The Morgan fingerprint density at radius 1 is 1.10 bits per heavy atom. The van der Waals surface area contributed by atoms with Crippen molar-refractivity contribution in [3.63, 3.8) is 0 Å². The van der Waals surface area contributed by atoms with Crippen molar-refractivity contribution >= 4 is 5.91 Å². The Labute approximate surface area is 170 Å². The van der Waals surface area contributed by atoms with Crippen LogP contribution in [-0.4, -0.2) is 34.2 Å². The molecule has 0 saturated heterocycles. The molecule has 0 aliphatic carbocycles. The number of hydrogen-bond donors (Lipinski definition) is 1. The molecular weight excluding hydrogens is 368 g/mol. The molecule has 29 heavy (non-hydrogen) atoms. The number of rotatable bonds is 8. The number of hydrogen-bond acceptors (Lipinski definition) is 6. The van der Waals surface area contributed by atoms with Crippen molar-refractivity contribution in [2.24, 2.45) is 0 Å². The molecule has 0 fully saturated rings. The number of aryl methyl sites for hydroxylation is 1. The van der Waals surface area contributed by atoms with Gasteiger partial charge in [0.05, 0.1) is 6.54 Å². The summed E-state index contributed by atoms with van der Waals surface area (Å²) in [6.07, 6.45) is 4.00. The van der Waals surface area contributed by atoms with Crippen LogP contribution in [0.25, 0.3) is 11.4 Å². The largest absolute Gasteiger partial charge is 0.492 e. The van der Waals surface area contributed by atoms with Crippen LogP contribution in [0.3, 0.4) is 0 Å². The number of amides is 1. The summed E-state index contributed by atoms with van der Waals surface area (Å²) in [7, 11) is 0. The van der Waals surface area contributed by atoms with Gasteiger partial charge >= 0.3 is 0 Å². The van der Waals surface area contributed by atoms with Crippen LogP contribution < -0.4 is 10.1 Å². The average molecular weight is 394 g/mol. The molecule has 7 heteroatoms. The Morgan fingerprint density at radius 2 is 1.83 bits per heavy atom. The Balaban J connectivity index is 1.36. The molecule has 0 atom stereocenters. The van der Waals surface area contributed by atoms with Crippen molar-refractivity contribution in [3.8, 4) is 17.1 Å². The summed E-state index contributed by atoms with van der Waals surface area (Å²) in [5, 5.41) is 6.76. The Kier molecular flexibility index (Phi) is 6.59. The highest BCUT2D eigenvalue weighted by Gasteiger charge is 2.13. The zero-order chi connectivity index (χ0) is 20.7. The molecule has 2 heterocycles. The monoisotopic (exact) mass is 394 g/mol. The highest BCUT2D eigenvalue weighted by Crippen LogP contribution is 2.24. The van der Waals surface area contributed by atoms with Gasteiger partial charge in [-0.15, -0.1) is 0 Å². The average Bonchev–Trinajstić information content (AvgIpc) is 3.19. The standard InChI is InChI=1S/C22H26N4O3/c1-22(2,3)17-4-6-18(7-5-17)28-15-14-24-19(27)8-9-20-25-21(26-29-20)16-10-12-23-13-11-16/h4-7,10-13H,8-9,14-15H2,1-3H3,(H,24,27). The zero-order valence-electron chi connectivity index (χ0n) is 17.0. The van der Waals surface area contributed by atoms with Gasteiger partial charge in [-0.1, -0.05) is 38.1 Å². The lowest BCUT2D eigenvalue weighted by atomic mass is 9.87. The third-order valence-corrected chi connectivity index (χ3v) is 4.39. The van der Waals surface area contributed by atoms with Crippen molar-refractivity contribution in [3.05, 3.63) is 60.2 Å². The van der Waals surface area contributed by atoms with Gasteiger partial charge < -0.3 is 14.6 Å². The second kappa shape index (κ2) is 9.32. The van der Waals surface area contributed by atoms with Crippen LogP contribution in [0.4, 0.5) is 0 Å². The lowest BCUT2D eigenvalue weighted by molar-refractivity contribution is -0.121. The van der Waals surface area contributed by atoms with E-state index in [0.29, 0.717) is 31.3 Å². The van der Waals surface area contributed by atoms with E-state index in [2.05, 4.69) is 53.3 Å². The highest BCUT2D eigenvalue weighted by atomic mass is 16.5. The van der Waals surface area contributed by atoms with Crippen molar-refractivity contribution in [1.29, 1.82) is 0 Å². The van der Waals surface area contributed by atoms with E-state index in [0.717, 1.165) is 11.3 Å². The fourth-order valence-corrected chi connectivity index (χ4v) is 2.69. The summed E-state index contributed by atoms with van der Waals surface area (Å²) < 4.78 is 10.9. The van der Waals surface area contributed by atoms with Crippen LogP contribution in [0.15, 0.2) is 53.3 Å². The lowest BCUT2D eigenvalue weighted by Gasteiger charge is -2.19. The quantitative estimate of drug-likeness (QED) is 0.588. The fourth-order valence-electron chi connectivity index (χ4n) is 2.69. The molecule has 0 bridgehead atoms. The summed E-state index contributed by atoms with van der Waals surface area (Å²) in [5.41, 5.74) is 2.20. The van der Waals surface area contributed by atoms with Crippen LogP contribution in [0.1, 0.15) is 38.6 Å². The summed E-state index contributed by atoms with van der Waals surface area (Å²) in [6, 6.07) is 11.7. The Bertz CT molecular complexity index is 915. The number of nitrogens with zero attached hydrogens (tertiary/aromatic N) is 3. The number of benzene rings is 1. The maximum absolute atomic E-state index is 12.0. The molecule has 1 amide bonds. The number of pyridine rings is 1. The minimum atomic E-state index is -0.0830. The molecular formula is C22H26N4O3. The fraction of sp³-hybridized carbons (Fsp3) is 0.364. The van der Waals surface area contributed by atoms with E-state index in [1.807, 2.05) is 12.1 Å². The van der Waals surface area contributed by atoms with Gasteiger partial charge in [0, 0.05) is 30.8 Å². The first kappa shape index (κ1) is 20.5. The highest BCUT2D eigenvalue weighted by molar-refractivity contribution is 5.76. The molecule has 0 saturated carbocycles. The van der Waals surface area contributed by atoms with E-state index in [1.165, 1.54) is 5.56 Å². The van der Waals surface area contributed by atoms with Gasteiger partial charge in [0.2, 0.25) is 17.6 Å². The third-order valence-electron chi connectivity index (χ3n) is 4.39. The van der Waals surface area contributed by atoms with E-state index >= 15 is 0 Å². The Morgan fingerprint density at radius 3 is 2.52 bits per heavy atom. The van der Waals surface area contributed by atoms with Crippen molar-refractivity contribution in [1.82, 2.24) is 20.4 Å². The molecule has 0 aliphatic heterocycles. The van der Waals surface area contributed by atoms with Crippen LogP contribution >= 0.6 is 0 Å². The maximum atomic E-state index is 12.0. The van der Waals surface area contributed by atoms with E-state index < -0.39 is 0 Å². The number of carbonyl (C=O) groups excluding carboxylic acids is 1. The number of carbonyl (C=O) groups is 1. The SMILES string of the molecule is CC(C)(C)c1ccc(OCCNC(=O)CCc2nc(-c3ccncc3)no2)cc1. The summed E-state index contributed by atoms with van der Waals surface area (Å²) in [4.78, 5) is 20.3. The van der Waals surface area contributed by atoms with Crippen molar-refractivity contribution in [2.45, 2.75) is 39.0 Å². The molecule has 2 aromatic heterocycles. The van der Waals surface area contributed by atoms with Crippen molar-refractivity contribution < 1.29 is 14.1 Å². The van der Waals surface area contributed by atoms with Crippen molar-refractivity contribution in [2.75, 3.05) is 13.2 Å². The van der Waals surface area contributed by atoms with Gasteiger partial charge in [-0.2, -0.15) is 4.98 Å². The van der Waals surface area contributed by atoms with Crippen LogP contribution in [0.5, 0.6) is 5.75 Å². The summed E-state index contributed by atoms with van der Waals surface area (Å²) in [6.45, 7) is 7.37. The molecule has 7 nitrogen and oxygen atoms in total. The minimum absolute atomic E-state index is 0.0830. The molecule has 0 spiro atoms. The zero-order valence-corrected chi connectivity index (χ0v) is 17.0. The number of aromatic nitrogens is 3. The van der Waals surface area contributed by atoms with Crippen LogP contribution in [0.2, 0.25) is 0 Å².